The van der Waals surface area contributed by atoms with Crippen molar-refractivity contribution in [1.82, 2.24) is 10.2 Å². The van der Waals surface area contributed by atoms with Gasteiger partial charge in [0.1, 0.15) is 12.6 Å². The van der Waals surface area contributed by atoms with Crippen molar-refractivity contribution in [2.45, 2.75) is 52.1 Å². The fourth-order valence-electron chi connectivity index (χ4n) is 4.14. The van der Waals surface area contributed by atoms with Crippen molar-refractivity contribution in [3.8, 4) is 0 Å². The summed E-state index contributed by atoms with van der Waals surface area (Å²) in [4.78, 5) is 27.9. The first-order valence-corrected chi connectivity index (χ1v) is 13.6. The predicted molar refractivity (Wildman–Crippen MR) is 147 cm³/mol. The summed E-state index contributed by atoms with van der Waals surface area (Å²) in [7, 11) is -2.57. The highest BCUT2D eigenvalue weighted by atomic mass is 32.2. The highest BCUT2D eigenvalue weighted by Gasteiger charge is 2.32. The van der Waals surface area contributed by atoms with E-state index in [1.165, 1.54) is 11.9 Å². The van der Waals surface area contributed by atoms with E-state index in [1.54, 1.807) is 43.3 Å². The number of carbonyl (C=O) groups excluding carboxylic acids is 2. The van der Waals surface area contributed by atoms with E-state index in [1.807, 2.05) is 58.0 Å². The van der Waals surface area contributed by atoms with Crippen LogP contribution in [0.4, 0.5) is 5.69 Å². The number of rotatable bonds is 9. The fraction of sp³-hybridized carbons (Fsp3) is 0.310. The molecule has 0 aliphatic rings. The van der Waals surface area contributed by atoms with Crippen molar-refractivity contribution < 1.29 is 18.0 Å². The van der Waals surface area contributed by atoms with Gasteiger partial charge in [-0.2, -0.15) is 0 Å². The highest BCUT2D eigenvalue weighted by Crippen LogP contribution is 2.27. The van der Waals surface area contributed by atoms with Crippen LogP contribution in [0.5, 0.6) is 0 Å². The Kier molecular flexibility index (Phi) is 8.76. The number of hydrogen-bond acceptors (Lipinski definition) is 4. The third-order valence-corrected chi connectivity index (χ3v) is 8.06. The van der Waals surface area contributed by atoms with Crippen molar-refractivity contribution >= 4 is 27.5 Å². The molecule has 0 radical (unpaired) electrons. The Morgan fingerprint density at radius 2 is 1.32 bits per heavy atom. The van der Waals surface area contributed by atoms with Crippen molar-refractivity contribution in [3.05, 3.63) is 94.5 Å². The lowest BCUT2D eigenvalue weighted by Gasteiger charge is -2.32. The number of likely N-dealkylation sites (N-methyl/N-ethyl adjacent to an activating group) is 1. The zero-order valence-corrected chi connectivity index (χ0v) is 23.1. The van der Waals surface area contributed by atoms with Gasteiger partial charge in [-0.25, -0.2) is 8.42 Å². The summed E-state index contributed by atoms with van der Waals surface area (Å²) in [5, 5.41) is 2.59. The normalized spacial score (nSPS) is 12.1. The number of benzene rings is 3. The number of nitrogens with zero attached hydrogens (tertiary/aromatic N) is 2. The molecule has 0 bridgehead atoms. The Hall–Kier alpha value is -3.65. The van der Waals surface area contributed by atoms with Crippen molar-refractivity contribution in [2.75, 3.05) is 17.9 Å². The second-order valence-corrected chi connectivity index (χ2v) is 11.3. The van der Waals surface area contributed by atoms with Crippen LogP contribution in [0.1, 0.15) is 34.7 Å². The second kappa shape index (κ2) is 11.6. The van der Waals surface area contributed by atoms with E-state index >= 15 is 0 Å². The first-order valence-electron chi connectivity index (χ1n) is 12.2. The van der Waals surface area contributed by atoms with Crippen molar-refractivity contribution in [1.29, 1.82) is 0 Å². The van der Waals surface area contributed by atoms with Gasteiger partial charge in [0.2, 0.25) is 11.8 Å². The molecule has 7 nitrogen and oxygen atoms in total. The van der Waals surface area contributed by atoms with Crippen LogP contribution in [0.2, 0.25) is 0 Å². The van der Waals surface area contributed by atoms with E-state index in [0.29, 0.717) is 5.69 Å². The molecule has 1 atom stereocenters. The molecule has 0 fully saturated rings. The molecule has 0 heterocycles. The molecule has 0 aromatic heterocycles. The summed E-state index contributed by atoms with van der Waals surface area (Å²) in [6.45, 7) is 8.97. The van der Waals surface area contributed by atoms with Gasteiger partial charge < -0.3 is 10.2 Å². The zero-order chi connectivity index (χ0) is 27.3. The number of anilines is 1. The number of hydrogen-bond donors (Lipinski definition) is 1. The zero-order valence-electron chi connectivity index (χ0n) is 22.3. The van der Waals surface area contributed by atoms with Gasteiger partial charge in [-0.15, -0.1) is 0 Å². The molecule has 8 heteroatoms. The monoisotopic (exact) mass is 521 g/mol. The van der Waals surface area contributed by atoms with E-state index in [-0.39, 0.29) is 17.3 Å². The lowest BCUT2D eigenvalue weighted by atomic mass is 10.1. The highest BCUT2D eigenvalue weighted by molar-refractivity contribution is 7.92. The number of nitrogens with one attached hydrogen (secondary N) is 1. The molecule has 37 heavy (non-hydrogen) atoms. The minimum atomic E-state index is -4.08. The van der Waals surface area contributed by atoms with Crippen LogP contribution in [-0.2, 0) is 26.2 Å². The number of sulfonamides is 1. The number of amides is 2. The Bertz CT molecular complexity index is 1350. The van der Waals surface area contributed by atoms with Gasteiger partial charge in [0.15, 0.2) is 0 Å². The third kappa shape index (κ3) is 6.77. The van der Waals surface area contributed by atoms with E-state index in [2.05, 4.69) is 5.32 Å². The molecule has 0 unspecified atom stereocenters. The summed E-state index contributed by atoms with van der Waals surface area (Å²) in [5.41, 5.74) is 5.00. The maximum absolute atomic E-state index is 13.9. The summed E-state index contributed by atoms with van der Waals surface area (Å²) in [6, 6.07) is 18.9. The van der Waals surface area contributed by atoms with Crippen LogP contribution >= 0.6 is 0 Å². The van der Waals surface area contributed by atoms with Crippen LogP contribution in [0.25, 0.3) is 0 Å². The van der Waals surface area contributed by atoms with Crippen LogP contribution in [0, 0.1) is 27.7 Å². The molecule has 2 amide bonds. The Morgan fingerprint density at radius 3 is 1.84 bits per heavy atom. The van der Waals surface area contributed by atoms with Crippen LogP contribution < -0.4 is 9.62 Å². The molecule has 3 rings (SSSR count). The lowest BCUT2D eigenvalue weighted by molar-refractivity contribution is -0.139. The largest absolute Gasteiger partial charge is 0.357 e. The topological polar surface area (TPSA) is 86.8 Å². The van der Waals surface area contributed by atoms with Gasteiger partial charge in [0.25, 0.3) is 10.0 Å². The molecule has 1 N–H and O–H groups in total. The van der Waals surface area contributed by atoms with Gasteiger partial charge in [-0.05, 0) is 75.6 Å². The van der Waals surface area contributed by atoms with E-state index < -0.39 is 28.5 Å². The predicted octanol–water partition coefficient (Wildman–Crippen LogP) is 4.28. The molecule has 3 aromatic rings. The van der Waals surface area contributed by atoms with Gasteiger partial charge in [-0.1, -0.05) is 53.6 Å². The first kappa shape index (κ1) is 27.9. The molecule has 0 spiro atoms. The SMILES string of the molecule is CNC(=O)[C@@H](C)N(Cc1ccc(C)cc1)C(=O)CN(c1cc(C)cc(C)c1)S(=O)(=O)c1ccc(C)cc1. The third-order valence-electron chi connectivity index (χ3n) is 6.27. The van der Waals surface area contributed by atoms with Crippen molar-refractivity contribution in [3.63, 3.8) is 0 Å². The Morgan fingerprint density at radius 1 is 0.811 bits per heavy atom. The quantitative estimate of drug-likeness (QED) is 0.455. The van der Waals surface area contributed by atoms with Crippen molar-refractivity contribution in [2.24, 2.45) is 0 Å². The van der Waals surface area contributed by atoms with Crippen LogP contribution in [-0.4, -0.2) is 44.8 Å². The van der Waals surface area contributed by atoms with Crippen LogP contribution in [0.3, 0.4) is 0 Å². The first-order chi connectivity index (χ1) is 17.4. The molecular weight excluding hydrogens is 486 g/mol. The fourth-order valence-corrected chi connectivity index (χ4v) is 5.54. The average molecular weight is 522 g/mol. The van der Waals surface area contributed by atoms with E-state index in [4.69, 9.17) is 0 Å². The lowest BCUT2D eigenvalue weighted by Crippen LogP contribution is -2.50. The number of aryl methyl sites for hydroxylation is 4. The summed E-state index contributed by atoms with van der Waals surface area (Å²) in [6.07, 6.45) is 0. The molecular formula is C29H35N3O4S. The van der Waals surface area contributed by atoms with Gasteiger partial charge in [-0.3, -0.25) is 13.9 Å². The minimum Gasteiger partial charge on any atom is -0.357 e. The minimum absolute atomic E-state index is 0.0921. The molecule has 196 valence electrons. The van der Waals surface area contributed by atoms with E-state index in [9.17, 15) is 18.0 Å². The summed E-state index contributed by atoms with van der Waals surface area (Å²) in [5.74, 6) is -0.814. The van der Waals surface area contributed by atoms with Gasteiger partial charge in [0, 0.05) is 13.6 Å². The number of carbonyl (C=O) groups is 2. The standard InChI is InChI=1S/C29H35N3O4S/c1-20-7-11-25(12-8-20)18-31(24(5)29(34)30-6)28(33)19-32(26-16-22(3)15-23(4)17-26)37(35,36)27-13-9-21(2)10-14-27/h7-17,24H,18-19H2,1-6H3,(H,30,34)/t24-/m1/s1. The Labute approximate surface area is 220 Å². The van der Waals surface area contributed by atoms with Crippen LogP contribution in [0.15, 0.2) is 71.6 Å². The molecule has 0 aliphatic carbocycles. The van der Waals surface area contributed by atoms with Gasteiger partial charge >= 0.3 is 0 Å². The maximum atomic E-state index is 13.9. The van der Waals surface area contributed by atoms with Gasteiger partial charge in [0.05, 0.1) is 10.6 Å². The molecule has 0 saturated carbocycles. The maximum Gasteiger partial charge on any atom is 0.264 e. The smallest absolute Gasteiger partial charge is 0.264 e. The van der Waals surface area contributed by atoms with E-state index in [0.717, 1.165) is 32.1 Å². The Balaban J connectivity index is 2.06. The summed E-state index contributed by atoms with van der Waals surface area (Å²) < 4.78 is 28.9. The second-order valence-electron chi connectivity index (χ2n) is 9.47. The molecule has 0 saturated heterocycles. The average Bonchev–Trinajstić information content (AvgIpc) is 2.85. The summed E-state index contributed by atoms with van der Waals surface area (Å²) >= 11 is 0. The molecule has 0 aliphatic heterocycles. The molecule has 3 aromatic carbocycles.